The summed E-state index contributed by atoms with van der Waals surface area (Å²) in [7, 11) is 1.56. The summed E-state index contributed by atoms with van der Waals surface area (Å²) in [5, 5.41) is 14.6. The monoisotopic (exact) mass is 402 g/mol. The maximum atomic E-state index is 12.0. The number of hydrogen-bond acceptors (Lipinski definition) is 6. The summed E-state index contributed by atoms with van der Waals surface area (Å²) in [6.45, 7) is 2.28. The predicted octanol–water partition coefficient (Wildman–Crippen LogP) is 2.75. The average molecular weight is 403 g/mol. The number of thiophene rings is 1. The van der Waals surface area contributed by atoms with Crippen LogP contribution in [0.3, 0.4) is 0 Å². The number of rotatable bonds is 5. The lowest BCUT2D eigenvalue weighted by molar-refractivity contribution is 0.294. The highest BCUT2D eigenvalue weighted by Gasteiger charge is 2.14. The molecular formula is C17H15ClN6O2S. The van der Waals surface area contributed by atoms with Crippen molar-refractivity contribution in [2.45, 2.75) is 13.5 Å². The van der Waals surface area contributed by atoms with Gasteiger partial charge in [-0.15, -0.1) is 16.4 Å². The van der Waals surface area contributed by atoms with E-state index in [2.05, 4.69) is 15.5 Å². The second kappa shape index (κ2) is 7.01. The van der Waals surface area contributed by atoms with Crippen LogP contribution in [-0.2, 0) is 13.7 Å². The second-order valence-corrected chi connectivity index (χ2v) is 7.23. The van der Waals surface area contributed by atoms with Gasteiger partial charge < -0.3 is 4.74 Å². The molecule has 138 valence electrons. The van der Waals surface area contributed by atoms with Gasteiger partial charge in [0.25, 0.3) is 0 Å². The minimum absolute atomic E-state index is 0.287. The lowest BCUT2D eigenvalue weighted by Gasteiger charge is -2.04. The van der Waals surface area contributed by atoms with Crippen LogP contribution in [0.15, 0.2) is 46.7 Å². The maximum absolute atomic E-state index is 12.0. The molecular weight excluding hydrogens is 388 g/mol. The van der Waals surface area contributed by atoms with E-state index in [4.69, 9.17) is 16.3 Å². The normalized spacial score (nSPS) is 11.1. The lowest BCUT2D eigenvalue weighted by atomic mass is 10.2. The molecule has 0 amide bonds. The van der Waals surface area contributed by atoms with E-state index in [0.29, 0.717) is 23.2 Å². The van der Waals surface area contributed by atoms with Gasteiger partial charge in [-0.1, -0.05) is 11.6 Å². The van der Waals surface area contributed by atoms with E-state index in [1.165, 1.54) is 20.7 Å². The molecule has 10 heteroatoms. The Bertz CT molecular complexity index is 1140. The van der Waals surface area contributed by atoms with Crippen molar-refractivity contribution in [1.82, 2.24) is 29.6 Å². The third kappa shape index (κ3) is 3.38. The van der Waals surface area contributed by atoms with E-state index in [9.17, 15) is 4.79 Å². The summed E-state index contributed by atoms with van der Waals surface area (Å²) < 4.78 is 10.0. The topological polar surface area (TPSA) is 79.8 Å². The first-order valence-electron chi connectivity index (χ1n) is 8.03. The minimum Gasteiger partial charge on any atom is -0.471 e. The smallest absolute Gasteiger partial charge is 0.368 e. The van der Waals surface area contributed by atoms with Gasteiger partial charge in [-0.3, -0.25) is 0 Å². The standard InChI is InChI=1S/C17H15ClN6O2S/c1-11-14(24-17(25)22(2)20-21-24)10-27-15(11)9-26-16-7-8-23(19-16)13-5-3-12(18)4-6-13/h3-8,10H,9H2,1-2H3. The first-order chi connectivity index (χ1) is 13.0. The van der Waals surface area contributed by atoms with Crippen LogP contribution in [0.2, 0.25) is 5.02 Å². The molecule has 0 N–H and O–H groups in total. The number of aryl methyl sites for hydroxylation is 1. The average Bonchev–Trinajstić information content (AvgIpc) is 3.35. The van der Waals surface area contributed by atoms with Crippen molar-refractivity contribution in [2.75, 3.05) is 0 Å². The van der Waals surface area contributed by atoms with Crippen LogP contribution in [0.1, 0.15) is 10.4 Å². The maximum Gasteiger partial charge on any atom is 0.368 e. The molecule has 0 spiro atoms. The number of aromatic nitrogens is 6. The largest absolute Gasteiger partial charge is 0.471 e. The summed E-state index contributed by atoms with van der Waals surface area (Å²) in [5.74, 6) is 0.510. The number of hydrogen-bond donors (Lipinski definition) is 0. The molecule has 27 heavy (non-hydrogen) atoms. The predicted molar refractivity (Wildman–Crippen MR) is 102 cm³/mol. The van der Waals surface area contributed by atoms with Crippen molar-refractivity contribution >= 4 is 22.9 Å². The van der Waals surface area contributed by atoms with Crippen molar-refractivity contribution in [1.29, 1.82) is 0 Å². The molecule has 0 atom stereocenters. The summed E-state index contributed by atoms with van der Waals surface area (Å²) in [4.78, 5) is 13.0. The van der Waals surface area contributed by atoms with Crippen molar-refractivity contribution < 1.29 is 4.74 Å². The molecule has 0 aliphatic carbocycles. The first kappa shape index (κ1) is 17.5. The van der Waals surface area contributed by atoms with Crippen molar-refractivity contribution in [3.05, 3.63) is 67.9 Å². The van der Waals surface area contributed by atoms with Crippen LogP contribution in [0.25, 0.3) is 11.4 Å². The molecule has 1 aromatic carbocycles. The number of tetrazole rings is 1. The minimum atomic E-state index is -0.287. The quantitative estimate of drug-likeness (QED) is 0.512. The van der Waals surface area contributed by atoms with E-state index in [-0.39, 0.29) is 5.69 Å². The summed E-state index contributed by atoms with van der Waals surface area (Å²) in [5.41, 5.74) is 2.25. The molecule has 3 heterocycles. The Kier molecular flexibility index (Phi) is 4.54. The van der Waals surface area contributed by atoms with Crippen LogP contribution in [0.5, 0.6) is 5.88 Å². The summed E-state index contributed by atoms with van der Waals surface area (Å²) >= 11 is 7.41. The zero-order valence-corrected chi connectivity index (χ0v) is 16.1. The fourth-order valence-electron chi connectivity index (χ4n) is 2.52. The van der Waals surface area contributed by atoms with Gasteiger partial charge >= 0.3 is 5.69 Å². The number of halogens is 1. The van der Waals surface area contributed by atoms with Gasteiger partial charge in [0.05, 0.1) is 11.4 Å². The SMILES string of the molecule is Cc1c(-n2nnn(C)c2=O)csc1COc1ccn(-c2ccc(Cl)cc2)n1. The lowest BCUT2D eigenvalue weighted by Crippen LogP contribution is -2.22. The fraction of sp³-hybridized carbons (Fsp3) is 0.176. The molecule has 8 nitrogen and oxygen atoms in total. The fourth-order valence-corrected chi connectivity index (χ4v) is 3.59. The Morgan fingerprint density at radius 3 is 2.67 bits per heavy atom. The van der Waals surface area contributed by atoms with Crippen LogP contribution in [0, 0.1) is 6.92 Å². The van der Waals surface area contributed by atoms with Crippen LogP contribution < -0.4 is 10.4 Å². The Labute approximate surface area is 163 Å². The van der Waals surface area contributed by atoms with Gasteiger partial charge in [0.15, 0.2) is 0 Å². The molecule has 0 saturated carbocycles. The van der Waals surface area contributed by atoms with Crippen LogP contribution in [0.4, 0.5) is 0 Å². The molecule has 0 radical (unpaired) electrons. The number of ether oxygens (including phenoxy) is 1. The van der Waals surface area contributed by atoms with Gasteiger partial charge in [0, 0.05) is 34.6 Å². The molecule has 0 unspecified atom stereocenters. The van der Waals surface area contributed by atoms with Crippen molar-refractivity contribution in [3.63, 3.8) is 0 Å². The van der Waals surface area contributed by atoms with E-state index in [0.717, 1.165) is 16.1 Å². The molecule has 0 aliphatic heterocycles. The third-order valence-electron chi connectivity index (χ3n) is 4.07. The van der Waals surface area contributed by atoms with Gasteiger partial charge in [0.2, 0.25) is 5.88 Å². The Morgan fingerprint density at radius 2 is 1.96 bits per heavy atom. The van der Waals surface area contributed by atoms with Gasteiger partial charge in [-0.25, -0.2) is 9.48 Å². The van der Waals surface area contributed by atoms with Crippen molar-refractivity contribution in [2.24, 2.45) is 7.05 Å². The Morgan fingerprint density at radius 1 is 1.19 bits per heavy atom. The van der Waals surface area contributed by atoms with E-state index < -0.39 is 0 Å². The molecule has 4 aromatic rings. The van der Waals surface area contributed by atoms with E-state index in [1.807, 2.05) is 42.8 Å². The van der Waals surface area contributed by atoms with Crippen LogP contribution >= 0.6 is 22.9 Å². The summed E-state index contributed by atoms with van der Waals surface area (Å²) in [6, 6.07) is 9.18. The summed E-state index contributed by atoms with van der Waals surface area (Å²) in [6.07, 6.45) is 1.82. The first-order valence-corrected chi connectivity index (χ1v) is 9.29. The van der Waals surface area contributed by atoms with Crippen molar-refractivity contribution in [3.8, 4) is 17.3 Å². The van der Waals surface area contributed by atoms with E-state index in [1.54, 1.807) is 17.8 Å². The number of benzene rings is 1. The highest BCUT2D eigenvalue weighted by Crippen LogP contribution is 2.25. The van der Waals surface area contributed by atoms with E-state index >= 15 is 0 Å². The molecule has 0 fully saturated rings. The second-order valence-electron chi connectivity index (χ2n) is 5.83. The van der Waals surface area contributed by atoms with Gasteiger partial charge in [-0.05, 0) is 47.2 Å². The molecule has 0 saturated heterocycles. The molecule has 3 aromatic heterocycles. The third-order valence-corrected chi connectivity index (χ3v) is 5.37. The van der Waals surface area contributed by atoms with Gasteiger partial charge in [-0.2, -0.15) is 9.36 Å². The number of nitrogens with zero attached hydrogens (tertiary/aromatic N) is 6. The van der Waals surface area contributed by atoms with Crippen LogP contribution in [-0.4, -0.2) is 29.6 Å². The molecule has 0 aliphatic rings. The zero-order valence-electron chi connectivity index (χ0n) is 14.5. The van der Waals surface area contributed by atoms with Gasteiger partial charge in [0.1, 0.15) is 6.61 Å². The molecule has 4 rings (SSSR count). The highest BCUT2D eigenvalue weighted by molar-refractivity contribution is 7.10. The Balaban J connectivity index is 1.49. The zero-order chi connectivity index (χ0) is 19.0. The Hall–Kier alpha value is -2.91. The highest BCUT2D eigenvalue weighted by atomic mass is 35.5. The molecule has 0 bridgehead atoms.